The fourth-order valence-electron chi connectivity index (χ4n) is 2.88. The summed E-state index contributed by atoms with van der Waals surface area (Å²) in [6, 6.07) is 4.42. The zero-order valence-corrected chi connectivity index (χ0v) is 10.6. The van der Waals surface area contributed by atoms with Crippen LogP contribution in [0.1, 0.15) is 19.3 Å². The van der Waals surface area contributed by atoms with Crippen molar-refractivity contribution in [2.45, 2.75) is 25.3 Å². The van der Waals surface area contributed by atoms with Crippen molar-refractivity contribution in [3.8, 4) is 5.75 Å². The van der Waals surface area contributed by atoms with E-state index in [0.717, 1.165) is 19.3 Å². The van der Waals surface area contributed by atoms with Crippen molar-refractivity contribution in [1.82, 2.24) is 0 Å². The second kappa shape index (κ2) is 4.81. The van der Waals surface area contributed by atoms with E-state index >= 15 is 0 Å². The highest BCUT2D eigenvalue weighted by atomic mass is 19.1. The molecule has 2 N–H and O–H groups in total. The Balaban J connectivity index is 1.85. The van der Waals surface area contributed by atoms with Crippen LogP contribution in [0.5, 0.6) is 5.75 Å². The third-order valence-corrected chi connectivity index (χ3v) is 3.87. The molecule has 0 aromatic heterocycles. The Morgan fingerprint density at radius 1 is 1.42 bits per heavy atom. The molecule has 0 bridgehead atoms. The van der Waals surface area contributed by atoms with Crippen LogP contribution in [0.4, 0.5) is 10.1 Å². The van der Waals surface area contributed by atoms with Crippen LogP contribution >= 0.6 is 0 Å². The lowest BCUT2D eigenvalue weighted by Crippen LogP contribution is -2.41. The van der Waals surface area contributed by atoms with Gasteiger partial charge in [-0.25, -0.2) is 4.39 Å². The topological polar surface area (TPSA) is 55.6 Å². The second-order valence-electron chi connectivity index (χ2n) is 5.22. The van der Waals surface area contributed by atoms with Crippen LogP contribution in [0, 0.1) is 11.7 Å². The minimum Gasteiger partial charge on any atom is -0.489 e. The summed E-state index contributed by atoms with van der Waals surface area (Å²) in [6.07, 6.45) is 2.48. The number of benzene rings is 1. The highest BCUT2D eigenvalue weighted by Gasteiger charge is 2.33. The molecule has 4 nitrogen and oxygen atoms in total. The molecule has 2 atom stereocenters. The molecule has 1 aliphatic carbocycles. The van der Waals surface area contributed by atoms with Crippen LogP contribution in [0.2, 0.25) is 0 Å². The van der Waals surface area contributed by atoms with Gasteiger partial charge in [-0.2, -0.15) is 0 Å². The molecule has 0 radical (unpaired) electrons. The molecule has 19 heavy (non-hydrogen) atoms. The first-order chi connectivity index (χ1) is 9.15. The molecular formula is C14H17FN2O2. The van der Waals surface area contributed by atoms with Crippen molar-refractivity contribution in [2.24, 2.45) is 11.7 Å². The number of nitrogens with two attached hydrogens (primary N) is 1. The first-order valence-electron chi connectivity index (χ1n) is 6.64. The number of rotatable bonds is 1. The van der Waals surface area contributed by atoms with Crippen LogP contribution in [0.15, 0.2) is 18.2 Å². The van der Waals surface area contributed by atoms with Gasteiger partial charge in [0.1, 0.15) is 18.2 Å². The predicted octanol–water partition coefficient (Wildman–Crippen LogP) is 1.68. The van der Waals surface area contributed by atoms with Crippen molar-refractivity contribution in [3.05, 3.63) is 24.0 Å². The van der Waals surface area contributed by atoms with Crippen LogP contribution in [-0.2, 0) is 4.79 Å². The molecule has 1 amide bonds. The average Bonchev–Trinajstić information content (AvgIpc) is 2.83. The first kappa shape index (κ1) is 12.4. The molecule has 1 heterocycles. The number of hydrogen-bond acceptors (Lipinski definition) is 3. The van der Waals surface area contributed by atoms with Gasteiger partial charge in [0.15, 0.2) is 0 Å². The van der Waals surface area contributed by atoms with Gasteiger partial charge in [0, 0.05) is 18.0 Å². The van der Waals surface area contributed by atoms with Gasteiger partial charge in [0.25, 0.3) is 0 Å². The molecule has 0 unspecified atom stereocenters. The van der Waals surface area contributed by atoms with E-state index in [2.05, 4.69) is 0 Å². The van der Waals surface area contributed by atoms with Gasteiger partial charge >= 0.3 is 0 Å². The van der Waals surface area contributed by atoms with E-state index in [-0.39, 0.29) is 23.7 Å². The molecule has 1 aromatic rings. The van der Waals surface area contributed by atoms with Gasteiger partial charge in [0.2, 0.25) is 5.91 Å². The number of carbonyl (C=O) groups excluding carboxylic acids is 1. The standard InChI is InChI=1S/C14H17FN2O2/c15-10-2-4-12-13(8-10)19-6-5-17(12)14(18)9-1-3-11(16)7-9/h2,4,8-9,11H,1,3,5-7,16H2/t9-,11+/m1/s1. The molecule has 102 valence electrons. The van der Waals surface area contributed by atoms with Crippen LogP contribution < -0.4 is 15.4 Å². The summed E-state index contributed by atoms with van der Waals surface area (Å²) in [5.74, 6) is 0.174. The minimum atomic E-state index is -0.351. The maximum atomic E-state index is 13.2. The normalized spacial score (nSPS) is 25.9. The molecule has 5 heteroatoms. The average molecular weight is 264 g/mol. The van der Waals surface area contributed by atoms with E-state index in [4.69, 9.17) is 10.5 Å². The molecule has 0 saturated heterocycles. The van der Waals surface area contributed by atoms with Crippen molar-refractivity contribution in [1.29, 1.82) is 0 Å². The lowest BCUT2D eigenvalue weighted by Gasteiger charge is -2.31. The highest BCUT2D eigenvalue weighted by molar-refractivity contribution is 5.97. The smallest absolute Gasteiger partial charge is 0.230 e. The Bertz CT molecular complexity index is 506. The van der Waals surface area contributed by atoms with Crippen LogP contribution in [0.3, 0.4) is 0 Å². The summed E-state index contributed by atoms with van der Waals surface area (Å²) < 4.78 is 18.6. The molecule has 1 aliphatic heterocycles. The Morgan fingerprint density at radius 3 is 3.00 bits per heavy atom. The monoisotopic (exact) mass is 264 g/mol. The van der Waals surface area contributed by atoms with E-state index in [1.54, 1.807) is 11.0 Å². The predicted molar refractivity (Wildman–Crippen MR) is 69.6 cm³/mol. The fourth-order valence-corrected chi connectivity index (χ4v) is 2.88. The summed E-state index contributed by atoms with van der Waals surface area (Å²) in [4.78, 5) is 14.2. The number of halogens is 1. The van der Waals surface area contributed by atoms with Crippen molar-refractivity contribution >= 4 is 11.6 Å². The van der Waals surface area contributed by atoms with Gasteiger partial charge in [-0.1, -0.05) is 0 Å². The fraction of sp³-hybridized carbons (Fsp3) is 0.500. The Labute approximate surface area is 111 Å². The number of anilines is 1. The Kier molecular flexibility index (Phi) is 3.14. The minimum absolute atomic E-state index is 0.00833. The van der Waals surface area contributed by atoms with Gasteiger partial charge in [-0.15, -0.1) is 0 Å². The Hall–Kier alpha value is -1.62. The summed E-state index contributed by atoms with van der Waals surface area (Å²) in [5, 5.41) is 0. The summed E-state index contributed by atoms with van der Waals surface area (Å²) in [6.45, 7) is 0.921. The molecule has 1 fully saturated rings. The number of ether oxygens (including phenoxy) is 1. The largest absolute Gasteiger partial charge is 0.489 e. The molecule has 1 saturated carbocycles. The molecule has 0 spiro atoms. The summed E-state index contributed by atoms with van der Waals surface area (Å²) >= 11 is 0. The summed E-state index contributed by atoms with van der Waals surface area (Å²) in [5.41, 5.74) is 6.53. The number of amides is 1. The van der Waals surface area contributed by atoms with Gasteiger partial charge in [-0.3, -0.25) is 4.79 Å². The maximum Gasteiger partial charge on any atom is 0.230 e. The maximum absolute atomic E-state index is 13.2. The number of hydrogen-bond donors (Lipinski definition) is 1. The van der Waals surface area contributed by atoms with E-state index in [9.17, 15) is 9.18 Å². The molecular weight excluding hydrogens is 247 g/mol. The van der Waals surface area contributed by atoms with E-state index < -0.39 is 0 Å². The highest BCUT2D eigenvalue weighted by Crippen LogP contribution is 2.35. The van der Waals surface area contributed by atoms with Gasteiger partial charge in [0.05, 0.1) is 12.2 Å². The lowest BCUT2D eigenvalue weighted by atomic mass is 10.1. The number of fused-ring (bicyclic) bond motifs is 1. The van der Waals surface area contributed by atoms with Crippen molar-refractivity contribution < 1.29 is 13.9 Å². The quantitative estimate of drug-likeness (QED) is 0.839. The van der Waals surface area contributed by atoms with Crippen molar-refractivity contribution in [2.75, 3.05) is 18.1 Å². The van der Waals surface area contributed by atoms with E-state index in [0.29, 0.717) is 24.6 Å². The molecule has 3 rings (SSSR count). The van der Waals surface area contributed by atoms with Crippen LogP contribution in [-0.4, -0.2) is 25.1 Å². The lowest BCUT2D eigenvalue weighted by molar-refractivity contribution is -0.122. The van der Waals surface area contributed by atoms with Gasteiger partial charge < -0.3 is 15.4 Å². The SMILES string of the molecule is N[C@H]1CC[C@@H](C(=O)N2CCOc3cc(F)ccc32)C1. The number of carbonyl (C=O) groups is 1. The van der Waals surface area contributed by atoms with E-state index in [1.165, 1.54) is 12.1 Å². The third-order valence-electron chi connectivity index (χ3n) is 3.87. The van der Waals surface area contributed by atoms with Gasteiger partial charge in [-0.05, 0) is 31.4 Å². The molecule has 1 aromatic carbocycles. The molecule has 2 aliphatic rings. The van der Waals surface area contributed by atoms with Crippen LogP contribution in [0.25, 0.3) is 0 Å². The third kappa shape index (κ3) is 2.30. The second-order valence-corrected chi connectivity index (χ2v) is 5.22. The zero-order chi connectivity index (χ0) is 13.4. The Morgan fingerprint density at radius 2 is 2.26 bits per heavy atom. The first-order valence-corrected chi connectivity index (χ1v) is 6.64. The number of nitrogens with zero attached hydrogens (tertiary/aromatic N) is 1. The van der Waals surface area contributed by atoms with E-state index in [1.807, 2.05) is 0 Å². The summed E-state index contributed by atoms with van der Waals surface area (Å²) in [7, 11) is 0. The van der Waals surface area contributed by atoms with Crippen molar-refractivity contribution in [3.63, 3.8) is 0 Å². The zero-order valence-electron chi connectivity index (χ0n) is 10.6.